The van der Waals surface area contributed by atoms with Crippen molar-refractivity contribution in [1.29, 1.82) is 0 Å². The molecule has 0 saturated heterocycles. The van der Waals surface area contributed by atoms with Crippen LogP contribution in [-0.4, -0.2) is 5.78 Å². The van der Waals surface area contributed by atoms with Gasteiger partial charge in [0, 0.05) is 0 Å². The van der Waals surface area contributed by atoms with E-state index in [4.69, 9.17) is 0 Å². The summed E-state index contributed by atoms with van der Waals surface area (Å²) in [4.78, 5) is 10.0. The summed E-state index contributed by atoms with van der Waals surface area (Å²) in [5.74, 6) is 0.111. The van der Waals surface area contributed by atoms with Gasteiger partial charge >= 0.3 is 18.6 Å². The van der Waals surface area contributed by atoms with Gasteiger partial charge in [-0.25, -0.2) is 0 Å². The van der Waals surface area contributed by atoms with E-state index in [0.717, 1.165) is 0 Å². The molecular weight excluding hydrogens is 163 g/mol. The van der Waals surface area contributed by atoms with Gasteiger partial charge < -0.3 is 18.1 Å². The van der Waals surface area contributed by atoms with E-state index < -0.39 is 0 Å². The Hall–Kier alpha value is 0.124. The second-order valence-corrected chi connectivity index (χ2v) is 2.20. The summed E-state index contributed by atoms with van der Waals surface area (Å²) in [6, 6.07) is 0. The largest absolute Gasteiger partial charge is 2.00 e. The van der Waals surface area contributed by atoms with Gasteiger partial charge in [-0.3, -0.25) is 0 Å². The maximum Gasteiger partial charge on any atom is 2.00 e. The van der Waals surface area contributed by atoms with Crippen LogP contribution in [0.4, 0.5) is 0 Å². The number of ketones is 1. The van der Waals surface area contributed by atoms with Crippen LogP contribution >= 0.6 is 0 Å². The number of carbonyl (C=O) groups is 1. The minimum Gasteiger partial charge on any atom is -0.339 e. The Morgan fingerprint density at radius 2 is 1.50 bits per heavy atom. The van der Waals surface area contributed by atoms with Crippen LogP contribution in [0.15, 0.2) is 0 Å². The Morgan fingerprint density at radius 1 is 1.40 bits per heavy atom. The predicted octanol–water partition coefficient (Wildman–Crippen LogP) is 2.27. The van der Waals surface area contributed by atoms with Crippen molar-refractivity contribution in [2.24, 2.45) is 5.92 Å². The molecule has 0 bridgehead atoms. The molecule has 0 atom stereocenters. The van der Waals surface area contributed by atoms with E-state index in [1.54, 1.807) is 0 Å². The molecule has 10 heavy (non-hydrogen) atoms. The standard InChI is InChI=1S/C5H9O.C3H7.V/c1-4(2)5(3)6;1-3-2;/h4H,3H2,1-2H3;3H,1-2H3;/q2*-1;+2. The molecule has 1 radical (unpaired) electrons. The third-order valence-corrected chi connectivity index (χ3v) is 0.644. The smallest absolute Gasteiger partial charge is 0.339 e. The average Bonchev–Trinajstić information content (AvgIpc) is 1.68. The maximum absolute atomic E-state index is 10.0. The zero-order valence-electron chi connectivity index (χ0n) is 7.22. The van der Waals surface area contributed by atoms with Gasteiger partial charge in [-0.1, -0.05) is 13.8 Å². The summed E-state index contributed by atoms with van der Waals surface area (Å²) in [6.45, 7) is 10.9. The molecule has 0 aromatic rings. The quantitative estimate of drug-likeness (QED) is 0.564. The Labute approximate surface area is 76.5 Å². The van der Waals surface area contributed by atoms with Crippen molar-refractivity contribution in [3.05, 3.63) is 13.3 Å². The molecule has 0 aliphatic heterocycles. The second-order valence-electron chi connectivity index (χ2n) is 2.20. The van der Waals surface area contributed by atoms with Crippen LogP contribution in [0, 0.1) is 19.3 Å². The molecule has 59 valence electrons. The van der Waals surface area contributed by atoms with E-state index in [0.29, 0.717) is 0 Å². The number of hydrogen-bond acceptors (Lipinski definition) is 1. The fourth-order valence-electron chi connectivity index (χ4n) is 0. The van der Waals surface area contributed by atoms with Crippen LogP contribution in [-0.2, 0) is 23.4 Å². The van der Waals surface area contributed by atoms with Crippen LogP contribution in [0.1, 0.15) is 27.7 Å². The van der Waals surface area contributed by atoms with Crippen molar-refractivity contribution in [3.8, 4) is 0 Å². The molecule has 0 fully saturated rings. The van der Waals surface area contributed by atoms with Gasteiger partial charge in [0.05, 0.1) is 0 Å². The molecule has 0 saturated carbocycles. The molecule has 0 heterocycles. The van der Waals surface area contributed by atoms with Crippen molar-refractivity contribution in [2.75, 3.05) is 0 Å². The van der Waals surface area contributed by atoms with Crippen molar-refractivity contribution >= 4 is 5.78 Å². The van der Waals surface area contributed by atoms with Crippen molar-refractivity contribution in [2.45, 2.75) is 27.7 Å². The molecule has 0 aromatic heterocycles. The molecule has 1 nitrogen and oxygen atoms in total. The fourth-order valence-corrected chi connectivity index (χ4v) is 0. The Morgan fingerprint density at radius 3 is 1.50 bits per heavy atom. The van der Waals surface area contributed by atoms with Crippen molar-refractivity contribution < 1.29 is 23.4 Å². The normalized spacial score (nSPS) is 7.30. The topological polar surface area (TPSA) is 17.1 Å². The first-order valence-electron chi connectivity index (χ1n) is 3.16. The summed E-state index contributed by atoms with van der Waals surface area (Å²) in [5.41, 5.74) is 0. The Balaban J connectivity index is -0.000000107. The van der Waals surface area contributed by atoms with E-state index in [1.807, 2.05) is 34.1 Å². The number of hydrogen-bond donors (Lipinski definition) is 0. The van der Waals surface area contributed by atoms with Gasteiger partial charge in [0.1, 0.15) is 0 Å². The number of Topliss-reactive ketones (excluding diaryl/α,β-unsaturated/α-hetero) is 1. The van der Waals surface area contributed by atoms with Crippen LogP contribution in [0.25, 0.3) is 0 Å². The summed E-state index contributed by atoms with van der Waals surface area (Å²) >= 11 is 0. The summed E-state index contributed by atoms with van der Waals surface area (Å²) in [6.07, 6.45) is 2.00. The fraction of sp³-hybridized carbons (Fsp3) is 0.625. The molecule has 0 unspecified atom stereocenters. The predicted molar refractivity (Wildman–Crippen MR) is 40.9 cm³/mol. The summed E-state index contributed by atoms with van der Waals surface area (Å²) in [7, 11) is 0. The minimum atomic E-state index is 0. The molecule has 0 rings (SSSR count). The van der Waals surface area contributed by atoms with Crippen molar-refractivity contribution in [3.63, 3.8) is 0 Å². The summed E-state index contributed by atoms with van der Waals surface area (Å²) in [5, 5.41) is 0. The van der Waals surface area contributed by atoms with Gasteiger partial charge in [0.15, 0.2) is 0 Å². The van der Waals surface area contributed by atoms with E-state index in [-0.39, 0.29) is 30.3 Å². The van der Waals surface area contributed by atoms with Crippen LogP contribution in [0.5, 0.6) is 0 Å². The molecule has 0 N–H and O–H groups in total. The average molecular weight is 179 g/mol. The van der Waals surface area contributed by atoms with E-state index in [1.165, 1.54) is 0 Å². The monoisotopic (exact) mass is 179 g/mol. The van der Waals surface area contributed by atoms with Crippen LogP contribution in [0.3, 0.4) is 0 Å². The first-order chi connectivity index (χ1) is 4.06. The van der Waals surface area contributed by atoms with Gasteiger partial charge in [0.2, 0.25) is 0 Å². The molecule has 0 spiro atoms. The first-order valence-corrected chi connectivity index (χ1v) is 3.16. The van der Waals surface area contributed by atoms with Gasteiger partial charge in [0.25, 0.3) is 0 Å². The van der Waals surface area contributed by atoms with Gasteiger partial charge in [-0.05, 0) is 11.7 Å². The maximum atomic E-state index is 10.0. The molecule has 0 amide bonds. The molecule has 0 aliphatic rings. The number of rotatable bonds is 1. The van der Waals surface area contributed by atoms with Gasteiger partial charge in [-0.2, -0.15) is 13.8 Å². The van der Waals surface area contributed by atoms with Crippen LogP contribution in [0.2, 0.25) is 0 Å². The van der Waals surface area contributed by atoms with E-state index in [9.17, 15) is 4.79 Å². The Kier molecular flexibility index (Phi) is 19.7. The molecule has 0 aliphatic carbocycles. The zero-order valence-corrected chi connectivity index (χ0v) is 8.61. The third-order valence-electron chi connectivity index (χ3n) is 0.644. The zero-order chi connectivity index (χ0) is 7.86. The Bertz CT molecular complexity index is 69.7. The summed E-state index contributed by atoms with van der Waals surface area (Å²) < 4.78 is 0. The van der Waals surface area contributed by atoms with Gasteiger partial charge in [-0.15, -0.1) is 0 Å². The minimum absolute atomic E-state index is 0. The number of carbonyl (C=O) groups excluding carboxylic acids is 1. The first kappa shape index (κ1) is 16.6. The molecule has 0 aromatic carbocycles. The SMILES string of the molecule is C[CH-]C.[CH2-]C(=O)C(C)C.[V+2]. The molecule has 2 heteroatoms. The second kappa shape index (κ2) is 11.9. The molecular formula is C8H16OV. The third kappa shape index (κ3) is 24.2. The van der Waals surface area contributed by atoms with Crippen molar-refractivity contribution in [1.82, 2.24) is 0 Å². The van der Waals surface area contributed by atoms with E-state index >= 15 is 0 Å². The van der Waals surface area contributed by atoms with Crippen LogP contribution < -0.4 is 0 Å². The van der Waals surface area contributed by atoms with E-state index in [2.05, 4.69) is 6.92 Å².